The second-order valence-corrected chi connectivity index (χ2v) is 7.88. The normalized spacial score (nSPS) is 18.0. The van der Waals surface area contributed by atoms with Crippen LogP contribution in [0.4, 0.5) is 10.1 Å². The zero-order valence-corrected chi connectivity index (χ0v) is 13.6. The first-order chi connectivity index (χ1) is 11.3. The lowest BCUT2D eigenvalue weighted by atomic mass is 9.93. The molecule has 1 heterocycles. The summed E-state index contributed by atoms with van der Waals surface area (Å²) >= 11 is 0. The summed E-state index contributed by atoms with van der Waals surface area (Å²) in [5.74, 6) is -2.53. The molecule has 2 N–H and O–H groups in total. The van der Waals surface area contributed by atoms with Crippen LogP contribution in [-0.2, 0) is 26.0 Å². The molecule has 9 heteroatoms. The third-order valence-corrected chi connectivity index (χ3v) is 6.33. The summed E-state index contributed by atoms with van der Waals surface area (Å²) < 4.78 is 40.9. The third kappa shape index (κ3) is 3.01. The summed E-state index contributed by atoms with van der Waals surface area (Å²) in [5, 5.41) is 11.5. The number of carboxylic acids is 1. The van der Waals surface area contributed by atoms with Gasteiger partial charge in [-0.3, -0.25) is 9.59 Å². The van der Waals surface area contributed by atoms with Crippen LogP contribution in [0, 0.1) is 5.82 Å². The minimum atomic E-state index is -4.27. The molecule has 1 aliphatic carbocycles. The number of anilines is 1. The lowest BCUT2D eigenvalue weighted by Gasteiger charge is -2.35. The zero-order valence-electron chi connectivity index (χ0n) is 12.8. The highest BCUT2D eigenvalue weighted by atomic mass is 32.2. The van der Waals surface area contributed by atoms with Crippen LogP contribution < -0.4 is 5.32 Å². The largest absolute Gasteiger partial charge is 0.480 e. The van der Waals surface area contributed by atoms with E-state index in [-0.39, 0.29) is 18.0 Å². The number of nitrogens with zero attached hydrogens (tertiary/aromatic N) is 1. The van der Waals surface area contributed by atoms with E-state index in [0.717, 1.165) is 16.8 Å². The maximum absolute atomic E-state index is 14.4. The Morgan fingerprint density at radius 2 is 2.04 bits per heavy atom. The first kappa shape index (κ1) is 16.8. The van der Waals surface area contributed by atoms with Gasteiger partial charge in [-0.05, 0) is 37.0 Å². The number of halogens is 1. The number of aryl methyl sites for hydroxylation is 1. The molecular weight excluding hydrogens is 339 g/mol. The SMILES string of the molecule is O=C(O)CN(C1CCC1)S(=O)(=O)c1cc2c(cc1F)NC(=O)CC2. The van der Waals surface area contributed by atoms with E-state index in [1.807, 2.05) is 0 Å². The molecular formula is C15H17FN2O5S. The van der Waals surface area contributed by atoms with Gasteiger partial charge < -0.3 is 10.4 Å². The lowest BCUT2D eigenvalue weighted by Crippen LogP contribution is -2.46. The zero-order chi connectivity index (χ0) is 17.5. The maximum Gasteiger partial charge on any atom is 0.318 e. The summed E-state index contributed by atoms with van der Waals surface area (Å²) in [7, 11) is -4.27. The fourth-order valence-electron chi connectivity index (χ4n) is 2.92. The third-order valence-electron chi connectivity index (χ3n) is 4.41. The number of aliphatic carboxylic acids is 1. The highest BCUT2D eigenvalue weighted by molar-refractivity contribution is 7.89. The van der Waals surface area contributed by atoms with E-state index < -0.39 is 39.3 Å². The van der Waals surface area contributed by atoms with Crippen molar-refractivity contribution < 1.29 is 27.5 Å². The number of benzene rings is 1. The van der Waals surface area contributed by atoms with Crippen molar-refractivity contribution in [3.05, 3.63) is 23.5 Å². The molecule has 0 unspecified atom stereocenters. The Balaban J connectivity index is 2.02. The van der Waals surface area contributed by atoms with Crippen molar-refractivity contribution in [1.29, 1.82) is 0 Å². The van der Waals surface area contributed by atoms with Gasteiger partial charge in [-0.2, -0.15) is 4.31 Å². The van der Waals surface area contributed by atoms with Gasteiger partial charge >= 0.3 is 5.97 Å². The van der Waals surface area contributed by atoms with Crippen LogP contribution in [0.3, 0.4) is 0 Å². The molecule has 0 atom stereocenters. The van der Waals surface area contributed by atoms with E-state index in [2.05, 4.69) is 5.32 Å². The first-order valence-electron chi connectivity index (χ1n) is 7.65. The molecule has 1 amide bonds. The molecule has 1 saturated carbocycles. The molecule has 0 spiro atoms. The van der Waals surface area contributed by atoms with Gasteiger partial charge in [-0.25, -0.2) is 12.8 Å². The maximum atomic E-state index is 14.4. The van der Waals surface area contributed by atoms with Crippen molar-refractivity contribution in [2.45, 2.75) is 43.0 Å². The first-order valence-corrected chi connectivity index (χ1v) is 9.09. The highest BCUT2D eigenvalue weighted by Gasteiger charge is 2.38. The molecule has 3 rings (SSSR count). The fourth-order valence-corrected chi connectivity index (χ4v) is 4.65. The molecule has 7 nitrogen and oxygen atoms in total. The van der Waals surface area contributed by atoms with Gasteiger partial charge in [0.25, 0.3) is 0 Å². The Morgan fingerprint density at radius 1 is 1.33 bits per heavy atom. The molecule has 1 aromatic rings. The predicted octanol–water partition coefficient (Wildman–Crippen LogP) is 1.34. The monoisotopic (exact) mass is 356 g/mol. The highest BCUT2D eigenvalue weighted by Crippen LogP contribution is 2.33. The number of rotatable bonds is 5. The van der Waals surface area contributed by atoms with Gasteiger partial charge in [0.2, 0.25) is 15.9 Å². The summed E-state index contributed by atoms with van der Waals surface area (Å²) in [6.45, 7) is -0.694. The van der Waals surface area contributed by atoms with Gasteiger partial charge in [-0.15, -0.1) is 0 Å². The summed E-state index contributed by atoms with van der Waals surface area (Å²) in [6, 6.07) is 1.77. The number of carbonyl (C=O) groups is 2. The Hall–Kier alpha value is -2.00. The van der Waals surface area contributed by atoms with Gasteiger partial charge in [0, 0.05) is 18.2 Å². The van der Waals surface area contributed by atoms with E-state index in [9.17, 15) is 22.4 Å². The summed E-state index contributed by atoms with van der Waals surface area (Å²) in [6.07, 6.45) is 2.45. The number of carboxylic acid groups (broad SMARTS) is 1. The van der Waals surface area contributed by atoms with Crippen LogP contribution in [0.2, 0.25) is 0 Å². The second kappa shape index (κ2) is 6.14. The van der Waals surface area contributed by atoms with Gasteiger partial charge in [0.05, 0.1) is 0 Å². The number of carbonyl (C=O) groups excluding carboxylic acids is 1. The van der Waals surface area contributed by atoms with Crippen molar-refractivity contribution >= 4 is 27.6 Å². The topological polar surface area (TPSA) is 104 Å². The van der Waals surface area contributed by atoms with E-state index >= 15 is 0 Å². The van der Waals surface area contributed by atoms with Crippen molar-refractivity contribution in [3.8, 4) is 0 Å². The van der Waals surface area contributed by atoms with Gasteiger partial charge in [0.15, 0.2) is 0 Å². The van der Waals surface area contributed by atoms with Crippen LogP contribution in [0.5, 0.6) is 0 Å². The average molecular weight is 356 g/mol. The second-order valence-electron chi connectivity index (χ2n) is 6.02. The van der Waals surface area contributed by atoms with Crippen LogP contribution in [0.15, 0.2) is 17.0 Å². The molecule has 1 aromatic carbocycles. The number of nitrogens with one attached hydrogen (secondary N) is 1. The standard InChI is InChI=1S/C15H17FN2O5S/c16-11-7-12-9(4-5-14(19)17-12)6-13(11)24(22,23)18(8-15(20)21)10-2-1-3-10/h6-7,10H,1-5,8H2,(H,17,19)(H,20,21). The average Bonchev–Trinajstić information content (AvgIpc) is 2.43. The van der Waals surface area contributed by atoms with Crippen molar-refractivity contribution in [2.75, 3.05) is 11.9 Å². The number of amides is 1. The summed E-state index contributed by atoms with van der Waals surface area (Å²) in [4.78, 5) is 21.9. The smallest absolute Gasteiger partial charge is 0.318 e. The number of hydrogen-bond donors (Lipinski definition) is 2. The van der Waals surface area contributed by atoms with E-state index in [1.54, 1.807) is 0 Å². The minimum Gasteiger partial charge on any atom is -0.480 e. The van der Waals surface area contributed by atoms with E-state index in [0.29, 0.717) is 24.8 Å². The minimum absolute atomic E-state index is 0.194. The molecule has 1 fully saturated rings. The molecule has 0 radical (unpaired) electrons. The Morgan fingerprint density at radius 3 is 2.62 bits per heavy atom. The Kier molecular flexibility index (Phi) is 4.31. The van der Waals surface area contributed by atoms with Crippen LogP contribution in [0.25, 0.3) is 0 Å². The van der Waals surface area contributed by atoms with Crippen LogP contribution >= 0.6 is 0 Å². The van der Waals surface area contributed by atoms with Crippen molar-refractivity contribution in [3.63, 3.8) is 0 Å². The lowest BCUT2D eigenvalue weighted by molar-refractivity contribution is -0.137. The van der Waals surface area contributed by atoms with Crippen molar-refractivity contribution in [2.24, 2.45) is 0 Å². The fraction of sp³-hybridized carbons (Fsp3) is 0.467. The van der Waals surface area contributed by atoms with Gasteiger partial charge in [0.1, 0.15) is 17.3 Å². The molecule has 0 bridgehead atoms. The summed E-state index contributed by atoms with van der Waals surface area (Å²) in [5.41, 5.74) is 0.787. The van der Waals surface area contributed by atoms with Crippen molar-refractivity contribution in [1.82, 2.24) is 4.31 Å². The molecule has 2 aliphatic rings. The molecule has 0 aromatic heterocycles. The van der Waals surface area contributed by atoms with E-state index in [4.69, 9.17) is 5.11 Å². The molecule has 130 valence electrons. The van der Waals surface area contributed by atoms with E-state index in [1.165, 1.54) is 6.07 Å². The molecule has 24 heavy (non-hydrogen) atoms. The quantitative estimate of drug-likeness (QED) is 0.828. The Labute approximate surface area is 138 Å². The van der Waals surface area contributed by atoms with Gasteiger partial charge in [-0.1, -0.05) is 6.42 Å². The molecule has 0 saturated heterocycles. The van der Waals surface area contributed by atoms with Crippen LogP contribution in [0.1, 0.15) is 31.2 Å². The predicted molar refractivity (Wildman–Crippen MR) is 82.5 cm³/mol. The number of sulfonamides is 1. The number of fused-ring (bicyclic) bond motifs is 1. The molecule has 1 aliphatic heterocycles. The van der Waals surface area contributed by atoms with Crippen LogP contribution in [-0.4, -0.2) is 42.3 Å². The number of hydrogen-bond acceptors (Lipinski definition) is 4. The Bertz CT molecular complexity index is 804.